The average molecular weight is 175 g/mol. The SMILES string of the molecule is O=C(Cl)C(=O)c1ccsc1. The van der Waals surface area contributed by atoms with Crippen LogP contribution in [0.15, 0.2) is 16.8 Å². The first-order chi connectivity index (χ1) is 4.72. The third kappa shape index (κ3) is 1.43. The normalized spacial score (nSPS) is 9.30. The van der Waals surface area contributed by atoms with Crippen molar-refractivity contribution in [1.82, 2.24) is 0 Å². The molecule has 0 fully saturated rings. The molecule has 52 valence electrons. The maximum Gasteiger partial charge on any atom is 0.293 e. The molecule has 0 N–H and O–H groups in total. The first kappa shape index (κ1) is 7.44. The number of hydrogen-bond donors (Lipinski definition) is 0. The molecule has 1 aromatic rings. The number of rotatable bonds is 2. The van der Waals surface area contributed by atoms with Gasteiger partial charge in [0, 0.05) is 10.9 Å². The average Bonchev–Trinajstić information content (AvgIpc) is 2.36. The van der Waals surface area contributed by atoms with Crippen molar-refractivity contribution in [2.45, 2.75) is 0 Å². The van der Waals surface area contributed by atoms with Crippen LogP contribution in [0.4, 0.5) is 0 Å². The van der Waals surface area contributed by atoms with Crippen molar-refractivity contribution in [3.05, 3.63) is 22.4 Å². The fourth-order valence-corrected chi connectivity index (χ4v) is 1.25. The van der Waals surface area contributed by atoms with Gasteiger partial charge in [0.25, 0.3) is 5.24 Å². The van der Waals surface area contributed by atoms with Gasteiger partial charge < -0.3 is 0 Å². The summed E-state index contributed by atoms with van der Waals surface area (Å²) in [5.41, 5.74) is 0.366. The van der Waals surface area contributed by atoms with E-state index in [2.05, 4.69) is 0 Å². The zero-order valence-corrected chi connectivity index (χ0v) is 6.41. The standard InChI is InChI=1S/C6H3ClO2S/c7-6(9)5(8)4-1-2-10-3-4/h1-3H. The zero-order chi connectivity index (χ0) is 7.56. The molecular formula is C6H3ClO2S. The summed E-state index contributed by atoms with van der Waals surface area (Å²) in [7, 11) is 0. The Morgan fingerprint density at radius 3 is 2.60 bits per heavy atom. The Labute approximate surface area is 66.4 Å². The second-order valence-electron chi connectivity index (χ2n) is 1.61. The fourth-order valence-electron chi connectivity index (χ4n) is 0.507. The number of thiophene rings is 1. The van der Waals surface area contributed by atoms with E-state index in [0.29, 0.717) is 5.56 Å². The van der Waals surface area contributed by atoms with Crippen molar-refractivity contribution in [2.75, 3.05) is 0 Å². The van der Waals surface area contributed by atoms with E-state index in [0.717, 1.165) is 0 Å². The molecule has 0 aliphatic rings. The molecule has 0 aliphatic heterocycles. The van der Waals surface area contributed by atoms with Crippen molar-refractivity contribution < 1.29 is 9.59 Å². The van der Waals surface area contributed by atoms with Crippen molar-refractivity contribution in [1.29, 1.82) is 0 Å². The minimum absolute atomic E-state index is 0.366. The molecule has 10 heavy (non-hydrogen) atoms. The van der Waals surface area contributed by atoms with E-state index in [-0.39, 0.29) is 0 Å². The van der Waals surface area contributed by atoms with Crippen LogP contribution in [-0.2, 0) is 4.79 Å². The van der Waals surface area contributed by atoms with Gasteiger partial charge in [-0.1, -0.05) is 0 Å². The van der Waals surface area contributed by atoms with E-state index in [1.807, 2.05) is 0 Å². The van der Waals surface area contributed by atoms with Crippen molar-refractivity contribution in [3.8, 4) is 0 Å². The minimum Gasteiger partial charge on any atom is -0.284 e. The molecule has 0 unspecified atom stereocenters. The van der Waals surface area contributed by atoms with Crippen LogP contribution in [0, 0.1) is 0 Å². The smallest absolute Gasteiger partial charge is 0.284 e. The summed E-state index contributed by atoms with van der Waals surface area (Å²) in [5, 5.41) is 2.37. The van der Waals surface area contributed by atoms with Crippen LogP contribution in [0.5, 0.6) is 0 Å². The largest absolute Gasteiger partial charge is 0.293 e. The Morgan fingerprint density at radius 1 is 1.50 bits per heavy atom. The summed E-state index contributed by atoms with van der Waals surface area (Å²) in [6.07, 6.45) is 0. The summed E-state index contributed by atoms with van der Waals surface area (Å²) in [6.45, 7) is 0. The Hall–Kier alpha value is -0.670. The molecule has 1 rings (SSSR count). The Bertz CT molecular complexity index is 253. The van der Waals surface area contributed by atoms with Crippen LogP contribution in [0.2, 0.25) is 0 Å². The van der Waals surface area contributed by atoms with Crippen LogP contribution in [0.25, 0.3) is 0 Å². The predicted octanol–water partition coefficient (Wildman–Crippen LogP) is 1.70. The van der Waals surface area contributed by atoms with E-state index < -0.39 is 11.0 Å². The maximum absolute atomic E-state index is 10.7. The maximum atomic E-state index is 10.7. The predicted molar refractivity (Wildman–Crippen MR) is 39.5 cm³/mol. The molecule has 1 heterocycles. The van der Waals surface area contributed by atoms with E-state index in [1.54, 1.807) is 16.8 Å². The summed E-state index contributed by atoms with van der Waals surface area (Å²) < 4.78 is 0. The Balaban J connectivity index is 2.88. The highest BCUT2D eigenvalue weighted by atomic mass is 35.5. The molecule has 0 atom stereocenters. The molecule has 0 amide bonds. The van der Waals surface area contributed by atoms with Gasteiger partial charge in [-0.2, -0.15) is 11.3 Å². The highest BCUT2D eigenvalue weighted by molar-refractivity contribution is 7.08. The quantitative estimate of drug-likeness (QED) is 0.389. The van der Waals surface area contributed by atoms with Gasteiger partial charge in [0.05, 0.1) is 0 Å². The van der Waals surface area contributed by atoms with Crippen LogP contribution >= 0.6 is 22.9 Å². The van der Waals surface area contributed by atoms with Crippen molar-refractivity contribution in [2.24, 2.45) is 0 Å². The molecule has 4 heteroatoms. The summed E-state index contributed by atoms with van der Waals surface area (Å²) in [6, 6.07) is 1.56. The molecule has 0 spiro atoms. The van der Waals surface area contributed by atoms with Gasteiger partial charge in [0.1, 0.15) is 0 Å². The summed E-state index contributed by atoms with van der Waals surface area (Å²) in [5.74, 6) is -0.636. The topological polar surface area (TPSA) is 34.1 Å². The van der Waals surface area contributed by atoms with Crippen LogP contribution < -0.4 is 0 Å². The highest BCUT2D eigenvalue weighted by Gasteiger charge is 2.12. The Kier molecular flexibility index (Phi) is 2.19. The van der Waals surface area contributed by atoms with E-state index in [4.69, 9.17) is 11.6 Å². The summed E-state index contributed by atoms with van der Waals surface area (Å²) in [4.78, 5) is 21.0. The van der Waals surface area contributed by atoms with Crippen LogP contribution in [0.1, 0.15) is 10.4 Å². The van der Waals surface area contributed by atoms with Gasteiger partial charge in [-0.25, -0.2) is 0 Å². The van der Waals surface area contributed by atoms with E-state index in [1.165, 1.54) is 11.3 Å². The molecule has 2 nitrogen and oxygen atoms in total. The zero-order valence-electron chi connectivity index (χ0n) is 4.83. The number of hydrogen-bond acceptors (Lipinski definition) is 3. The van der Waals surface area contributed by atoms with Crippen LogP contribution in [0.3, 0.4) is 0 Å². The first-order valence-corrected chi connectivity index (χ1v) is 3.80. The fraction of sp³-hybridized carbons (Fsp3) is 0. The number of carbonyl (C=O) groups is 2. The lowest BCUT2D eigenvalue weighted by Crippen LogP contribution is -2.05. The van der Waals surface area contributed by atoms with Gasteiger partial charge in [0.15, 0.2) is 0 Å². The van der Waals surface area contributed by atoms with E-state index in [9.17, 15) is 9.59 Å². The minimum atomic E-state index is -0.932. The molecule has 0 saturated carbocycles. The molecular weight excluding hydrogens is 172 g/mol. The lowest BCUT2D eigenvalue weighted by atomic mass is 10.2. The second kappa shape index (κ2) is 2.94. The Morgan fingerprint density at radius 2 is 2.20 bits per heavy atom. The number of Topliss-reactive ketones (excluding diaryl/α,β-unsaturated/α-hetero) is 1. The first-order valence-electron chi connectivity index (χ1n) is 2.48. The lowest BCUT2D eigenvalue weighted by molar-refractivity contribution is -0.108. The van der Waals surface area contributed by atoms with Gasteiger partial charge in [0.2, 0.25) is 5.78 Å². The van der Waals surface area contributed by atoms with Crippen molar-refractivity contribution in [3.63, 3.8) is 0 Å². The summed E-state index contributed by atoms with van der Waals surface area (Å²) >= 11 is 6.29. The molecule has 1 aromatic heterocycles. The van der Waals surface area contributed by atoms with Gasteiger partial charge in [-0.3, -0.25) is 9.59 Å². The second-order valence-corrected chi connectivity index (χ2v) is 2.74. The molecule has 0 saturated heterocycles. The monoisotopic (exact) mass is 174 g/mol. The third-order valence-electron chi connectivity index (χ3n) is 0.962. The number of halogens is 1. The third-order valence-corrected chi connectivity index (χ3v) is 1.82. The van der Waals surface area contributed by atoms with Gasteiger partial charge in [-0.15, -0.1) is 0 Å². The molecule has 0 bridgehead atoms. The lowest BCUT2D eigenvalue weighted by Gasteiger charge is -1.84. The van der Waals surface area contributed by atoms with Crippen LogP contribution in [-0.4, -0.2) is 11.0 Å². The highest BCUT2D eigenvalue weighted by Crippen LogP contribution is 2.07. The molecule has 0 radical (unpaired) electrons. The van der Waals surface area contributed by atoms with Crippen molar-refractivity contribution >= 4 is 34.0 Å². The van der Waals surface area contributed by atoms with Gasteiger partial charge in [-0.05, 0) is 23.0 Å². The number of ketones is 1. The van der Waals surface area contributed by atoms with E-state index >= 15 is 0 Å². The number of carbonyl (C=O) groups excluding carboxylic acids is 2. The van der Waals surface area contributed by atoms with Gasteiger partial charge >= 0.3 is 0 Å². The molecule has 0 aromatic carbocycles. The molecule has 0 aliphatic carbocycles.